The molecule has 0 amide bonds. The lowest BCUT2D eigenvalue weighted by atomic mass is 10.0. The summed E-state index contributed by atoms with van der Waals surface area (Å²) in [4.78, 5) is 108. The van der Waals surface area contributed by atoms with E-state index in [4.69, 9.17) is 29.0 Å². The molecule has 6 aromatic carbocycles. The van der Waals surface area contributed by atoms with Crippen molar-refractivity contribution in [3.8, 4) is 0 Å². The fourth-order valence-electron chi connectivity index (χ4n) is 5.34. The van der Waals surface area contributed by atoms with E-state index in [9.17, 15) is 28.8 Å². The van der Waals surface area contributed by atoms with Crippen LogP contribution in [0.1, 0.15) is 62.1 Å². The summed E-state index contributed by atoms with van der Waals surface area (Å²) in [6.45, 7) is 0. The van der Waals surface area contributed by atoms with Crippen LogP contribution in [0, 0.1) is 0 Å². The molecule has 6 aromatic rings. The van der Waals surface area contributed by atoms with Gasteiger partial charge in [-0.05, 0) is 105 Å². The van der Waals surface area contributed by atoms with Gasteiger partial charge in [-0.3, -0.25) is 29.0 Å². The zero-order chi connectivity index (χ0) is 34.5. The fraction of sp³-hybridized carbons (Fsp3) is 0. The SMILES string of the molecule is O=C(ON1OC(=O)c2ccc3ccc(cc3c2)C(=O)O1)c1ccc2ccc(C(=O)ON3OC(=O)c4ccc5ccc(cc5c4)C(=O)O3)cc2c1. The van der Waals surface area contributed by atoms with E-state index in [-0.39, 0.29) is 44.2 Å². The van der Waals surface area contributed by atoms with Gasteiger partial charge in [-0.15, -0.1) is 0 Å². The van der Waals surface area contributed by atoms with Crippen molar-refractivity contribution in [1.29, 1.82) is 0 Å². The number of carbonyl (C=O) groups excluding carboxylic acids is 6. The van der Waals surface area contributed by atoms with E-state index in [1.54, 1.807) is 36.4 Å². The smallest absolute Gasteiger partial charge is 0.295 e. The minimum atomic E-state index is -1.09. The zero-order valence-electron chi connectivity index (χ0n) is 25.2. The highest BCUT2D eigenvalue weighted by atomic mass is 17.2. The van der Waals surface area contributed by atoms with Crippen LogP contribution in [0.2, 0.25) is 0 Å². The monoisotopic (exact) mass is 670 g/mol. The molecule has 0 saturated carbocycles. The molecular formula is C36H18N2O12. The van der Waals surface area contributed by atoms with Gasteiger partial charge in [-0.2, -0.15) is 0 Å². The molecule has 8 rings (SSSR count). The van der Waals surface area contributed by atoms with Gasteiger partial charge in [0.1, 0.15) is 0 Å². The number of benzene rings is 6. The van der Waals surface area contributed by atoms with Crippen LogP contribution in [0.3, 0.4) is 0 Å². The molecular weight excluding hydrogens is 652 g/mol. The van der Waals surface area contributed by atoms with Gasteiger partial charge in [-0.25, -0.2) is 28.8 Å². The van der Waals surface area contributed by atoms with Crippen LogP contribution in [0.5, 0.6) is 0 Å². The maximum Gasteiger partial charge on any atom is 0.364 e. The molecule has 0 N–H and O–H groups in total. The van der Waals surface area contributed by atoms with E-state index in [0.29, 0.717) is 21.5 Å². The molecule has 0 aromatic heterocycles. The highest BCUT2D eigenvalue weighted by Gasteiger charge is 2.29. The Morgan fingerprint density at radius 1 is 0.380 bits per heavy atom. The number of nitrogens with zero attached hydrogens (tertiary/aromatic N) is 2. The van der Waals surface area contributed by atoms with E-state index in [1.807, 2.05) is 0 Å². The number of fused-ring (bicyclic) bond motifs is 5. The average Bonchev–Trinajstić information content (AvgIpc) is 3.12. The first-order valence-electron chi connectivity index (χ1n) is 14.7. The first-order valence-corrected chi connectivity index (χ1v) is 14.7. The Bertz CT molecular complexity index is 2220. The summed E-state index contributed by atoms with van der Waals surface area (Å²) in [6, 6.07) is 27.3. The lowest BCUT2D eigenvalue weighted by molar-refractivity contribution is -0.450. The maximum atomic E-state index is 13.2. The van der Waals surface area contributed by atoms with Crippen molar-refractivity contribution >= 4 is 68.1 Å². The second kappa shape index (κ2) is 11.8. The third kappa shape index (κ3) is 5.68. The molecule has 0 unspecified atom stereocenters. The molecule has 14 heteroatoms. The zero-order valence-corrected chi connectivity index (χ0v) is 25.2. The fourth-order valence-corrected chi connectivity index (χ4v) is 5.34. The van der Waals surface area contributed by atoms with Crippen LogP contribution in [0.25, 0.3) is 32.3 Å². The predicted molar refractivity (Wildman–Crippen MR) is 168 cm³/mol. The van der Waals surface area contributed by atoms with Gasteiger partial charge in [-0.1, -0.05) is 36.4 Å². The molecule has 50 heavy (non-hydrogen) atoms. The number of carbonyl (C=O) groups is 6. The molecule has 0 fully saturated rings. The molecule has 2 heterocycles. The first-order chi connectivity index (χ1) is 24.2. The molecule has 0 spiro atoms. The molecule has 244 valence electrons. The summed E-state index contributed by atoms with van der Waals surface area (Å²) in [6.07, 6.45) is 0. The Hall–Kier alpha value is -7.16. The lowest BCUT2D eigenvalue weighted by Gasteiger charge is -2.19. The summed E-state index contributed by atoms with van der Waals surface area (Å²) in [7, 11) is 0. The summed E-state index contributed by atoms with van der Waals surface area (Å²) >= 11 is 0. The topological polar surface area (TPSA) is 164 Å². The van der Waals surface area contributed by atoms with Crippen LogP contribution in [-0.4, -0.2) is 46.6 Å². The molecule has 6 bridgehead atoms. The van der Waals surface area contributed by atoms with Gasteiger partial charge >= 0.3 is 35.8 Å². The quantitative estimate of drug-likeness (QED) is 0.227. The molecule has 2 aliphatic heterocycles. The summed E-state index contributed by atoms with van der Waals surface area (Å²) in [5.74, 6) is -6.01. The van der Waals surface area contributed by atoms with Gasteiger partial charge in [0.05, 0.1) is 33.4 Å². The lowest BCUT2D eigenvalue weighted by Crippen LogP contribution is -2.33. The second-order valence-corrected chi connectivity index (χ2v) is 11.0. The minimum absolute atomic E-state index is 0.0255. The van der Waals surface area contributed by atoms with Gasteiger partial charge in [0.2, 0.25) is 10.8 Å². The van der Waals surface area contributed by atoms with Crippen LogP contribution in [0.15, 0.2) is 109 Å². The van der Waals surface area contributed by atoms with Crippen molar-refractivity contribution in [2.24, 2.45) is 0 Å². The Morgan fingerprint density at radius 2 is 0.660 bits per heavy atom. The predicted octanol–water partition coefficient (Wildman–Crippen LogP) is 5.61. The van der Waals surface area contributed by atoms with Gasteiger partial charge in [0, 0.05) is 0 Å². The Kier molecular flexibility index (Phi) is 7.14. The number of hydrogen-bond acceptors (Lipinski definition) is 14. The number of rotatable bonds is 4. The Balaban J connectivity index is 1.00. The summed E-state index contributed by atoms with van der Waals surface area (Å²) in [5, 5.41) is 3.74. The normalized spacial score (nSPS) is 14.8. The van der Waals surface area contributed by atoms with Crippen molar-refractivity contribution in [3.63, 3.8) is 0 Å². The number of hydrogen-bond donors (Lipinski definition) is 0. The van der Waals surface area contributed by atoms with Gasteiger partial charge in [0.25, 0.3) is 0 Å². The van der Waals surface area contributed by atoms with Crippen molar-refractivity contribution in [1.82, 2.24) is 10.8 Å². The third-order valence-electron chi connectivity index (χ3n) is 7.88. The average molecular weight is 671 g/mol. The van der Waals surface area contributed by atoms with Crippen molar-refractivity contribution in [3.05, 3.63) is 143 Å². The third-order valence-corrected chi connectivity index (χ3v) is 7.88. The van der Waals surface area contributed by atoms with Crippen molar-refractivity contribution < 1.29 is 57.8 Å². The van der Waals surface area contributed by atoms with Crippen LogP contribution in [0.4, 0.5) is 0 Å². The molecule has 14 nitrogen and oxygen atoms in total. The van der Waals surface area contributed by atoms with Crippen molar-refractivity contribution in [2.45, 2.75) is 0 Å². The van der Waals surface area contributed by atoms with Crippen molar-refractivity contribution in [2.75, 3.05) is 0 Å². The van der Waals surface area contributed by atoms with Crippen LogP contribution >= 0.6 is 0 Å². The van der Waals surface area contributed by atoms with E-state index >= 15 is 0 Å². The standard InChI is InChI=1S/C36H18N2O12/c39-31-22-7-1-19-2-8-23(14-28(19)13-22)32(40)46-37(45-31)49-35(43)26-11-5-21-6-12-27(18-30(21)17-26)36(44)50-38-47-33(41)24-9-3-20-4-10-25(34(42)48-38)16-29(20)15-24/h1-18H. The molecule has 0 atom stereocenters. The molecule has 2 aliphatic rings. The maximum absolute atomic E-state index is 13.2. The Morgan fingerprint density at radius 3 is 0.980 bits per heavy atom. The highest BCUT2D eigenvalue weighted by Crippen LogP contribution is 2.25. The largest absolute Gasteiger partial charge is 0.364 e. The van der Waals surface area contributed by atoms with Crippen LogP contribution in [-0.2, 0) is 29.0 Å². The van der Waals surface area contributed by atoms with Crippen LogP contribution < -0.4 is 0 Å². The summed E-state index contributed by atoms with van der Waals surface area (Å²) in [5.41, 5.74) is 0.269. The van der Waals surface area contributed by atoms with E-state index < -0.39 is 35.8 Å². The van der Waals surface area contributed by atoms with E-state index in [2.05, 4.69) is 0 Å². The van der Waals surface area contributed by atoms with E-state index in [1.165, 1.54) is 72.8 Å². The molecule has 0 radical (unpaired) electrons. The highest BCUT2D eigenvalue weighted by molar-refractivity contribution is 6.02. The second-order valence-electron chi connectivity index (χ2n) is 11.0. The minimum Gasteiger partial charge on any atom is -0.295 e. The summed E-state index contributed by atoms with van der Waals surface area (Å²) < 4.78 is 0. The first kappa shape index (κ1) is 30.2. The molecule has 0 aliphatic carbocycles. The van der Waals surface area contributed by atoms with Gasteiger partial charge < -0.3 is 0 Å². The molecule has 0 saturated heterocycles. The van der Waals surface area contributed by atoms with E-state index in [0.717, 1.165) is 10.8 Å². The van der Waals surface area contributed by atoms with Gasteiger partial charge in [0.15, 0.2) is 0 Å². The Labute approximate surface area is 279 Å².